The van der Waals surface area contributed by atoms with Crippen molar-refractivity contribution in [2.45, 2.75) is 65.1 Å². The van der Waals surface area contributed by atoms with Crippen LogP contribution in [0.5, 0.6) is 0 Å². The molecule has 1 aliphatic heterocycles. The Labute approximate surface area is 141 Å². The van der Waals surface area contributed by atoms with Crippen LogP contribution < -0.4 is 0 Å². The van der Waals surface area contributed by atoms with Crippen LogP contribution in [0.3, 0.4) is 0 Å². The average Bonchev–Trinajstić information content (AvgIpc) is 3.27. The molecule has 132 valence electrons. The van der Waals surface area contributed by atoms with Crippen molar-refractivity contribution in [3.8, 4) is 0 Å². The van der Waals surface area contributed by atoms with Crippen LogP contribution in [-0.2, 0) is 11.3 Å². The molecule has 2 atom stereocenters. The Morgan fingerprint density at radius 1 is 1.21 bits per heavy atom. The van der Waals surface area contributed by atoms with E-state index in [2.05, 4.69) is 25.2 Å². The van der Waals surface area contributed by atoms with E-state index in [1.54, 1.807) is 0 Å². The van der Waals surface area contributed by atoms with Crippen LogP contribution in [0, 0.1) is 0 Å². The summed E-state index contributed by atoms with van der Waals surface area (Å²) in [6.07, 6.45) is 1.94. The molecule has 1 fully saturated rings. The van der Waals surface area contributed by atoms with Crippen LogP contribution in [0.4, 0.5) is 0 Å². The number of likely N-dealkylation sites (tertiary alicyclic amines) is 1. The van der Waals surface area contributed by atoms with Gasteiger partial charge in [-0.25, -0.2) is 0 Å². The minimum absolute atomic E-state index is 0.140. The summed E-state index contributed by atoms with van der Waals surface area (Å²) in [6.45, 7) is 10.1. The molecule has 2 unspecified atom stereocenters. The molecule has 1 aliphatic rings. The molecule has 3 rings (SSSR count). The van der Waals surface area contributed by atoms with E-state index in [1.165, 1.54) is 0 Å². The summed E-state index contributed by atoms with van der Waals surface area (Å²) < 4.78 is 16.2. The van der Waals surface area contributed by atoms with Gasteiger partial charge in [-0.3, -0.25) is 4.90 Å². The van der Waals surface area contributed by atoms with Crippen molar-refractivity contribution < 1.29 is 13.8 Å². The first-order valence-corrected chi connectivity index (χ1v) is 8.60. The third-order valence-electron chi connectivity index (χ3n) is 4.22. The topological polar surface area (TPSA) is 90.3 Å². The number of aromatic nitrogens is 4. The smallest absolute Gasteiger partial charge is 0.240 e. The van der Waals surface area contributed by atoms with Gasteiger partial charge in [0.15, 0.2) is 11.6 Å². The maximum Gasteiger partial charge on any atom is 0.240 e. The van der Waals surface area contributed by atoms with Gasteiger partial charge in [-0.2, -0.15) is 9.97 Å². The minimum Gasteiger partial charge on any atom is -0.371 e. The van der Waals surface area contributed by atoms with Gasteiger partial charge in [0, 0.05) is 12.5 Å². The molecular weight excluding hydrogens is 310 g/mol. The van der Waals surface area contributed by atoms with Crippen molar-refractivity contribution in [3.63, 3.8) is 0 Å². The van der Waals surface area contributed by atoms with Crippen molar-refractivity contribution in [1.29, 1.82) is 0 Å². The SMILES string of the molecule is CCOC(C)c1noc(CN2CCCC2c2noc(C(C)C)n2)n1. The van der Waals surface area contributed by atoms with Gasteiger partial charge in [0.25, 0.3) is 0 Å². The minimum atomic E-state index is -0.160. The highest BCUT2D eigenvalue weighted by Crippen LogP contribution is 2.32. The fourth-order valence-electron chi connectivity index (χ4n) is 2.92. The summed E-state index contributed by atoms with van der Waals surface area (Å²) >= 11 is 0. The number of hydrogen-bond acceptors (Lipinski definition) is 8. The number of ether oxygens (including phenoxy) is 1. The molecular formula is C16H25N5O3. The van der Waals surface area contributed by atoms with Crippen molar-refractivity contribution in [2.75, 3.05) is 13.2 Å². The lowest BCUT2D eigenvalue weighted by molar-refractivity contribution is 0.0683. The fourth-order valence-corrected chi connectivity index (χ4v) is 2.92. The lowest BCUT2D eigenvalue weighted by atomic mass is 10.2. The van der Waals surface area contributed by atoms with Crippen LogP contribution in [0.2, 0.25) is 0 Å². The molecule has 1 saturated heterocycles. The number of hydrogen-bond donors (Lipinski definition) is 0. The van der Waals surface area contributed by atoms with Crippen LogP contribution in [0.25, 0.3) is 0 Å². The fraction of sp³-hybridized carbons (Fsp3) is 0.750. The Morgan fingerprint density at radius 3 is 2.75 bits per heavy atom. The highest BCUT2D eigenvalue weighted by Gasteiger charge is 2.31. The molecule has 0 bridgehead atoms. The second-order valence-electron chi connectivity index (χ2n) is 6.42. The van der Waals surface area contributed by atoms with E-state index in [0.29, 0.717) is 30.8 Å². The maximum atomic E-state index is 5.50. The molecule has 0 aromatic carbocycles. The Morgan fingerprint density at radius 2 is 2.04 bits per heavy atom. The van der Waals surface area contributed by atoms with E-state index in [0.717, 1.165) is 25.2 Å². The molecule has 0 aliphatic carbocycles. The van der Waals surface area contributed by atoms with E-state index >= 15 is 0 Å². The summed E-state index contributed by atoms with van der Waals surface area (Å²) in [5, 5.41) is 8.17. The largest absolute Gasteiger partial charge is 0.371 e. The van der Waals surface area contributed by atoms with Gasteiger partial charge in [-0.1, -0.05) is 24.2 Å². The van der Waals surface area contributed by atoms with E-state index < -0.39 is 0 Å². The van der Waals surface area contributed by atoms with Gasteiger partial charge in [0.05, 0.1) is 12.6 Å². The van der Waals surface area contributed by atoms with E-state index in [1.807, 2.05) is 27.7 Å². The second-order valence-corrected chi connectivity index (χ2v) is 6.42. The van der Waals surface area contributed by atoms with Crippen molar-refractivity contribution >= 4 is 0 Å². The monoisotopic (exact) mass is 335 g/mol. The zero-order valence-corrected chi connectivity index (χ0v) is 14.7. The van der Waals surface area contributed by atoms with Crippen molar-refractivity contribution in [2.24, 2.45) is 0 Å². The summed E-state index contributed by atoms with van der Waals surface area (Å²) in [4.78, 5) is 11.2. The zero-order chi connectivity index (χ0) is 17.1. The molecule has 0 spiro atoms. The predicted octanol–water partition coefficient (Wildman–Crippen LogP) is 3.01. The van der Waals surface area contributed by atoms with Crippen LogP contribution >= 0.6 is 0 Å². The van der Waals surface area contributed by atoms with Gasteiger partial charge in [-0.15, -0.1) is 0 Å². The van der Waals surface area contributed by atoms with Gasteiger partial charge in [-0.05, 0) is 33.2 Å². The maximum absolute atomic E-state index is 5.50. The normalized spacial score (nSPS) is 20.1. The molecule has 2 aromatic heterocycles. The molecule has 8 heteroatoms. The van der Waals surface area contributed by atoms with Crippen LogP contribution in [0.15, 0.2) is 9.05 Å². The Hall–Kier alpha value is -1.80. The quantitative estimate of drug-likeness (QED) is 0.762. The van der Waals surface area contributed by atoms with Gasteiger partial charge in [0.2, 0.25) is 11.8 Å². The molecule has 0 N–H and O–H groups in total. The zero-order valence-electron chi connectivity index (χ0n) is 14.7. The lowest BCUT2D eigenvalue weighted by Crippen LogP contribution is -2.23. The summed E-state index contributed by atoms with van der Waals surface area (Å²) in [7, 11) is 0. The summed E-state index contributed by atoms with van der Waals surface area (Å²) in [6, 6.07) is 0.140. The van der Waals surface area contributed by atoms with Gasteiger partial charge in [0.1, 0.15) is 6.10 Å². The molecule has 3 heterocycles. The highest BCUT2D eigenvalue weighted by molar-refractivity contribution is 5.01. The van der Waals surface area contributed by atoms with Gasteiger partial charge < -0.3 is 13.8 Å². The summed E-state index contributed by atoms with van der Waals surface area (Å²) in [5.74, 6) is 2.85. The Balaban J connectivity index is 1.67. The first-order valence-electron chi connectivity index (χ1n) is 8.60. The van der Waals surface area contributed by atoms with Crippen LogP contribution in [0.1, 0.15) is 82.0 Å². The second kappa shape index (κ2) is 7.40. The van der Waals surface area contributed by atoms with Gasteiger partial charge >= 0.3 is 0 Å². The molecule has 2 aromatic rings. The highest BCUT2D eigenvalue weighted by atomic mass is 16.5. The van der Waals surface area contributed by atoms with Crippen LogP contribution in [-0.4, -0.2) is 38.3 Å². The molecule has 8 nitrogen and oxygen atoms in total. The third-order valence-corrected chi connectivity index (χ3v) is 4.22. The predicted molar refractivity (Wildman–Crippen MR) is 85.1 cm³/mol. The summed E-state index contributed by atoms with van der Waals surface area (Å²) in [5.41, 5.74) is 0. The van der Waals surface area contributed by atoms with E-state index in [-0.39, 0.29) is 18.1 Å². The molecule has 0 radical (unpaired) electrons. The molecule has 24 heavy (non-hydrogen) atoms. The third kappa shape index (κ3) is 3.64. The molecule has 0 saturated carbocycles. The molecule has 0 amide bonds. The Bertz CT molecular complexity index is 654. The average molecular weight is 335 g/mol. The van der Waals surface area contributed by atoms with E-state index in [4.69, 9.17) is 13.8 Å². The number of rotatable bonds is 7. The van der Waals surface area contributed by atoms with Crippen molar-refractivity contribution in [3.05, 3.63) is 23.4 Å². The Kier molecular flexibility index (Phi) is 5.25. The lowest BCUT2D eigenvalue weighted by Gasteiger charge is -2.19. The first-order chi connectivity index (χ1) is 11.6. The standard InChI is InChI=1S/C16H25N5O3/c1-5-22-11(4)14-17-13(23-19-14)9-21-8-6-7-12(21)15-18-16(10(2)3)24-20-15/h10-12H,5-9H2,1-4H3. The van der Waals surface area contributed by atoms with Crippen molar-refractivity contribution in [1.82, 2.24) is 25.2 Å². The number of nitrogens with zero attached hydrogens (tertiary/aromatic N) is 5. The first kappa shape index (κ1) is 17.0. The van der Waals surface area contributed by atoms with E-state index in [9.17, 15) is 0 Å².